The van der Waals surface area contributed by atoms with E-state index in [-0.39, 0.29) is 11.4 Å². The lowest BCUT2D eigenvalue weighted by Crippen LogP contribution is -1.98. The number of hydrogen-bond acceptors (Lipinski definition) is 4. The van der Waals surface area contributed by atoms with Gasteiger partial charge >= 0.3 is 5.69 Å². The maximum Gasteiger partial charge on any atom is 0.311 e. The Labute approximate surface area is 126 Å². The van der Waals surface area contributed by atoms with E-state index in [0.29, 0.717) is 16.3 Å². The van der Waals surface area contributed by atoms with Crippen LogP contribution < -0.4 is 4.74 Å². The van der Waals surface area contributed by atoms with Crippen LogP contribution in [-0.4, -0.2) is 10.0 Å². The molecule has 0 saturated heterocycles. The minimum atomic E-state index is -0.786. The standard InChI is InChI=1S/C15H14ClNO4/c1-9-3-5-12(16)8-15(9)21-14-6-4-11(10(2)18)7-13(14)17(19)20/h3-8,10,18H,1-2H3/t10-/m0/s1. The summed E-state index contributed by atoms with van der Waals surface area (Å²) in [4.78, 5) is 10.6. The number of nitrogens with zero attached hydrogens (tertiary/aromatic N) is 1. The number of hydrogen-bond donors (Lipinski definition) is 1. The van der Waals surface area contributed by atoms with Crippen molar-refractivity contribution in [3.63, 3.8) is 0 Å². The summed E-state index contributed by atoms with van der Waals surface area (Å²) in [7, 11) is 0. The maximum atomic E-state index is 11.2. The molecule has 0 heterocycles. The molecule has 0 aliphatic rings. The summed E-state index contributed by atoms with van der Waals surface area (Å²) in [5.41, 5.74) is 1.07. The molecule has 0 fully saturated rings. The Balaban J connectivity index is 2.44. The fourth-order valence-corrected chi connectivity index (χ4v) is 1.99. The maximum absolute atomic E-state index is 11.2. The number of halogens is 1. The van der Waals surface area contributed by atoms with E-state index in [1.165, 1.54) is 12.1 Å². The first-order valence-electron chi connectivity index (χ1n) is 6.29. The first kappa shape index (κ1) is 15.3. The zero-order valence-electron chi connectivity index (χ0n) is 11.5. The van der Waals surface area contributed by atoms with Crippen molar-refractivity contribution >= 4 is 17.3 Å². The highest BCUT2D eigenvalue weighted by atomic mass is 35.5. The zero-order valence-corrected chi connectivity index (χ0v) is 12.3. The van der Waals surface area contributed by atoms with Crippen LogP contribution in [0.1, 0.15) is 24.2 Å². The minimum Gasteiger partial charge on any atom is -0.450 e. The Morgan fingerprint density at radius 3 is 2.57 bits per heavy atom. The van der Waals surface area contributed by atoms with Crippen molar-refractivity contribution in [2.75, 3.05) is 0 Å². The van der Waals surface area contributed by atoms with Crippen LogP contribution in [0.15, 0.2) is 36.4 Å². The molecule has 0 radical (unpaired) electrons. The highest BCUT2D eigenvalue weighted by molar-refractivity contribution is 6.30. The van der Waals surface area contributed by atoms with E-state index < -0.39 is 11.0 Å². The first-order valence-corrected chi connectivity index (χ1v) is 6.66. The third-order valence-electron chi connectivity index (χ3n) is 3.03. The van der Waals surface area contributed by atoms with Gasteiger partial charge in [0.05, 0.1) is 11.0 Å². The molecule has 1 N–H and O–H groups in total. The average molecular weight is 308 g/mol. The fraction of sp³-hybridized carbons (Fsp3) is 0.200. The largest absolute Gasteiger partial charge is 0.450 e. The van der Waals surface area contributed by atoms with E-state index in [1.807, 2.05) is 6.92 Å². The van der Waals surface area contributed by atoms with Crippen LogP contribution in [0.25, 0.3) is 0 Å². The lowest BCUT2D eigenvalue weighted by Gasteiger charge is -2.11. The summed E-state index contributed by atoms with van der Waals surface area (Å²) in [6, 6.07) is 9.46. The van der Waals surface area contributed by atoms with Crippen molar-refractivity contribution in [1.82, 2.24) is 0 Å². The Morgan fingerprint density at radius 2 is 1.95 bits per heavy atom. The third-order valence-corrected chi connectivity index (χ3v) is 3.27. The summed E-state index contributed by atoms with van der Waals surface area (Å²) < 4.78 is 5.61. The van der Waals surface area contributed by atoms with Crippen LogP contribution in [-0.2, 0) is 0 Å². The molecule has 5 nitrogen and oxygen atoms in total. The van der Waals surface area contributed by atoms with Gasteiger partial charge in [0.1, 0.15) is 5.75 Å². The van der Waals surface area contributed by atoms with Gasteiger partial charge in [0.15, 0.2) is 0 Å². The molecule has 110 valence electrons. The van der Waals surface area contributed by atoms with Gasteiger partial charge in [-0.2, -0.15) is 0 Å². The topological polar surface area (TPSA) is 72.6 Å². The van der Waals surface area contributed by atoms with Gasteiger partial charge in [-0.15, -0.1) is 0 Å². The summed E-state index contributed by atoms with van der Waals surface area (Å²) >= 11 is 5.91. The first-order chi connectivity index (χ1) is 9.88. The molecule has 2 aromatic carbocycles. The molecule has 2 aromatic rings. The van der Waals surface area contributed by atoms with E-state index in [1.54, 1.807) is 31.2 Å². The Morgan fingerprint density at radius 1 is 1.24 bits per heavy atom. The summed E-state index contributed by atoms with van der Waals surface area (Å²) in [5, 5.41) is 21.2. The lowest BCUT2D eigenvalue weighted by atomic mass is 10.1. The van der Waals surface area contributed by atoms with Crippen LogP contribution in [0.2, 0.25) is 5.02 Å². The van der Waals surface area contributed by atoms with Gasteiger partial charge in [0, 0.05) is 11.1 Å². The highest BCUT2D eigenvalue weighted by Gasteiger charge is 2.19. The SMILES string of the molecule is Cc1ccc(Cl)cc1Oc1ccc([C@H](C)O)cc1[N+](=O)[O-]. The highest BCUT2D eigenvalue weighted by Crippen LogP contribution is 2.35. The number of nitro benzene ring substituents is 1. The number of aryl methyl sites for hydroxylation is 1. The molecule has 21 heavy (non-hydrogen) atoms. The van der Waals surface area contributed by atoms with Crippen LogP contribution in [0.3, 0.4) is 0 Å². The molecule has 0 aliphatic heterocycles. The molecule has 0 saturated carbocycles. The number of rotatable bonds is 4. The van der Waals surface area contributed by atoms with Crippen molar-refractivity contribution in [2.24, 2.45) is 0 Å². The number of benzene rings is 2. The zero-order chi connectivity index (χ0) is 15.6. The molecular formula is C15H14ClNO4. The number of aliphatic hydroxyl groups excluding tert-OH is 1. The normalized spacial score (nSPS) is 12.0. The van der Waals surface area contributed by atoms with E-state index in [0.717, 1.165) is 5.56 Å². The Kier molecular flexibility index (Phi) is 4.45. The second-order valence-electron chi connectivity index (χ2n) is 4.67. The quantitative estimate of drug-likeness (QED) is 0.671. The van der Waals surface area contributed by atoms with Crippen LogP contribution >= 0.6 is 11.6 Å². The fourth-order valence-electron chi connectivity index (χ4n) is 1.83. The molecule has 0 amide bonds. The average Bonchev–Trinajstić information content (AvgIpc) is 2.42. The van der Waals surface area contributed by atoms with Crippen LogP contribution in [0.4, 0.5) is 5.69 Å². The third kappa shape index (κ3) is 3.51. The van der Waals surface area contributed by atoms with Gasteiger partial charge in [-0.1, -0.05) is 23.7 Å². The lowest BCUT2D eigenvalue weighted by molar-refractivity contribution is -0.385. The summed E-state index contributed by atoms with van der Waals surface area (Å²) in [6.07, 6.45) is -0.786. The van der Waals surface area contributed by atoms with Gasteiger partial charge in [0.25, 0.3) is 0 Å². The molecule has 2 rings (SSSR count). The van der Waals surface area contributed by atoms with E-state index >= 15 is 0 Å². The van der Waals surface area contributed by atoms with Crippen molar-refractivity contribution < 1.29 is 14.8 Å². The number of nitro groups is 1. The monoisotopic (exact) mass is 307 g/mol. The molecule has 6 heteroatoms. The van der Waals surface area contributed by atoms with Gasteiger partial charge in [-0.05, 0) is 43.2 Å². The molecular weight excluding hydrogens is 294 g/mol. The molecule has 0 bridgehead atoms. The molecule has 0 aliphatic carbocycles. The van der Waals surface area contributed by atoms with E-state index in [9.17, 15) is 15.2 Å². The van der Waals surface area contributed by atoms with Crippen molar-refractivity contribution in [3.05, 3.63) is 62.7 Å². The van der Waals surface area contributed by atoms with Gasteiger partial charge in [0.2, 0.25) is 5.75 Å². The number of aliphatic hydroxyl groups is 1. The Bertz CT molecular complexity index is 685. The molecule has 1 atom stereocenters. The van der Waals surface area contributed by atoms with Crippen LogP contribution in [0.5, 0.6) is 11.5 Å². The summed E-state index contributed by atoms with van der Waals surface area (Å²) in [5.74, 6) is 0.560. The molecule has 0 spiro atoms. The van der Waals surface area contributed by atoms with Gasteiger partial charge < -0.3 is 9.84 Å². The van der Waals surface area contributed by atoms with Crippen molar-refractivity contribution in [1.29, 1.82) is 0 Å². The smallest absolute Gasteiger partial charge is 0.311 e. The van der Waals surface area contributed by atoms with Crippen molar-refractivity contribution in [3.8, 4) is 11.5 Å². The molecule has 0 unspecified atom stereocenters. The predicted octanol–water partition coefficient (Wildman–Crippen LogP) is 4.40. The Hall–Kier alpha value is -2.11. The second kappa shape index (κ2) is 6.11. The summed E-state index contributed by atoms with van der Waals surface area (Å²) in [6.45, 7) is 3.36. The number of ether oxygens (including phenoxy) is 1. The van der Waals surface area contributed by atoms with Gasteiger partial charge in [-0.3, -0.25) is 10.1 Å². The van der Waals surface area contributed by atoms with E-state index in [4.69, 9.17) is 16.3 Å². The predicted molar refractivity (Wildman–Crippen MR) is 80.0 cm³/mol. The van der Waals surface area contributed by atoms with Crippen LogP contribution in [0, 0.1) is 17.0 Å². The van der Waals surface area contributed by atoms with Gasteiger partial charge in [-0.25, -0.2) is 0 Å². The van der Waals surface area contributed by atoms with Crippen molar-refractivity contribution in [2.45, 2.75) is 20.0 Å². The van der Waals surface area contributed by atoms with E-state index in [2.05, 4.69) is 0 Å². The minimum absolute atomic E-state index is 0.106. The second-order valence-corrected chi connectivity index (χ2v) is 5.11. The molecule has 0 aromatic heterocycles.